The molecule has 4 heteroatoms. The third-order valence-corrected chi connectivity index (χ3v) is 2.79. The van der Waals surface area contributed by atoms with E-state index in [-0.39, 0.29) is 12.1 Å². The van der Waals surface area contributed by atoms with Crippen LogP contribution >= 0.6 is 11.6 Å². The van der Waals surface area contributed by atoms with Crippen molar-refractivity contribution in [2.24, 2.45) is 0 Å². The summed E-state index contributed by atoms with van der Waals surface area (Å²) in [6, 6.07) is 7.58. The van der Waals surface area contributed by atoms with Crippen LogP contribution in [0.1, 0.15) is 13.8 Å². The van der Waals surface area contributed by atoms with E-state index in [0.29, 0.717) is 18.2 Å². The molecule has 0 aromatic heterocycles. The lowest BCUT2D eigenvalue weighted by Crippen LogP contribution is -2.42. The summed E-state index contributed by atoms with van der Waals surface area (Å²) in [4.78, 5) is 0. The van der Waals surface area contributed by atoms with Gasteiger partial charge >= 0.3 is 0 Å². The molecule has 0 saturated heterocycles. The Morgan fingerprint density at radius 2 is 2.18 bits per heavy atom. The maximum atomic E-state index is 5.91. The topological polar surface area (TPSA) is 30.5 Å². The number of ether oxygens (including phenoxy) is 2. The van der Waals surface area contributed by atoms with Crippen molar-refractivity contribution in [2.75, 3.05) is 20.3 Å². The van der Waals surface area contributed by atoms with Gasteiger partial charge in [0.1, 0.15) is 11.9 Å². The molecule has 3 nitrogen and oxygen atoms in total. The van der Waals surface area contributed by atoms with E-state index in [1.807, 2.05) is 45.2 Å². The Hall–Kier alpha value is -0.770. The van der Waals surface area contributed by atoms with Crippen LogP contribution < -0.4 is 10.1 Å². The number of hydrogen-bond acceptors (Lipinski definition) is 3. The molecule has 0 fully saturated rings. The standard InChI is InChI=1S/C13H20ClNO2/c1-4-16-9-13(15-3)10(2)17-12-7-5-6-11(14)8-12/h5-8,10,13,15H,4,9H2,1-3H3. The molecule has 0 spiro atoms. The lowest BCUT2D eigenvalue weighted by Gasteiger charge is -2.24. The Morgan fingerprint density at radius 3 is 2.76 bits per heavy atom. The highest BCUT2D eigenvalue weighted by Gasteiger charge is 2.17. The number of likely N-dealkylation sites (N-methyl/N-ethyl adjacent to an activating group) is 1. The molecule has 0 aliphatic rings. The van der Waals surface area contributed by atoms with Gasteiger partial charge in [-0.25, -0.2) is 0 Å². The van der Waals surface area contributed by atoms with Gasteiger partial charge in [0.25, 0.3) is 0 Å². The lowest BCUT2D eigenvalue weighted by atomic mass is 10.2. The molecular weight excluding hydrogens is 238 g/mol. The van der Waals surface area contributed by atoms with Crippen LogP contribution in [0.15, 0.2) is 24.3 Å². The fourth-order valence-electron chi connectivity index (χ4n) is 1.54. The van der Waals surface area contributed by atoms with E-state index in [1.165, 1.54) is 0 Å². The second-order valence-corrected chi connectivity index (χ2v) is 4.27. The average Bonchev–Trinajstić information content (AvgIpc) is 2.30. The molecule has 0 amide bonds. The van der Waals surface area contributed by atoms with Gasteiger partial charge in [0.15, 0.2) is 0 Å². The Balaban J connectivity index is 2.54. The smallest absolute Gasteiger partial charge is 0.121 e. The normalized spacial score (nSPS) is 14.4. The maximum absolute atomic E-state index is 5.91. The van der Waals surface area contributed by atoms with Crippen LogP contribution in [0, 0.1) is 0 Å². The van der Waals surface area contributed by atoms with Crippen LogP contribution in [0.3, 0.4) is 0 Å². The van der Waals surface area contributed by atoms with Crippen molar-refractivity contribution < 1.29 is 9.47 Å². The monoisotopic (exact) mass is 257 g/mol. The van der Waals surface area contributed by atoms with Crippen LogP contribution in [0.4, 0.5) is 0 Å². The first-order chi connectivity index (χ1) is 8.17. The second-order valence-electron chi connectivity index (χ2n) is 3.83. The molecule has 0 saturated carbocycles. The zero-order valence-electron chi connectivity index (χ0n) is 10.6. The minimum absolute atomic E-state index is 0.0185. The Labute approximate surface area is 108 Å². The summed E-state index contributed by atoms with van der Waals surface area (Å²) < 4.78 is 11.2. The van der Waals surface area contributed by atoms with Gasteiger partial charge in [0.2, 0.25) is 0 Å². The van der Waals surface area contributed by atoms with Crippen molar-refractivity contribution in [1.82, 2.24) is 5.32 Å². The van der Waals surface area contributed by atoms with Crippen LogP contribution in [-0.2, 0) is 4.74 Å². The maximum Gasteiger partial charge on any atom is 0.121 e. The molecular formula is C13H20ClNO2. The van der Waals surface area contributed by atoms with Gasteiger partial charge in [-0.3, -0.25) is 0 Å². The van der Waals surface area contributed by atoms with Crippen LogP contribution in [0.5, 0.6) is 5.75 Å². The zero-order chi connectivity index (χ0) is 12.7. The minimum atomic E-state index is 0.0185. The van der Waals surface area contributed by atoms with Gasteiger partial charge in [-0.2, -0.15) is 0 Å². The van der Waals surface area contributed by atoms with Gasteiger partial charge in [0, 0.05) is 11.6 Å². The van der Waals surface area contributed by atoms with Crippen LogP contribution in [0.2, 0.25) is 5.02 Å². The zero-order valence-corrected chi connectivity index (χ0v) is 11.3. The van der Waals surface area contributed by atoms with Gasteiger partial charge in [-0.15, -0.1) is 0 Å². The van der Waals surface area contributed by atoms with Crippen molar-refractivity contribution in [3.8, 4) is 5.75 Å². The molecule has 96 valence electrons. The second kappa shape index (κ2) is 7.54. The third kappa shape index (κ3) is 4.94. The molecule has 0 radical (unpaired) electrons. The molecule has 1 aromatic rings. The summed E-state index contributed by atoms with van der Waals surface area (Å²) in [5.74, 6) is 0.779. The molecule has 2 unspecified atom stereocenters. The minimum Gasteiger partial charge on any atom is -0.489 e. The Kier molecular flexibility index (Phi) is 6.34. The van der Waals surface area contributed by atoms with Crippen molar-refractivity contribution in [2.45, 2.75) is 26.0 Å². The van der Waals surface area contributed by atoms with E-state index >= 15 is 0 Å². The molecule has 0 aliphatic carbocycles. The van der Waals surface area contributed by atoms with E-state index in [1.54, 1.807) is 0 Å². The van der Waals surface area contributed by atoms with Crippen molar-refractivity contribution in [3.05, 3.63) is 29.3 Å². The van der Waals surface area contributed by atoms with Gasteiger partial charge in [-0.05, 0) is 39.1 Å². The summed E-state index contributed by atoms with van der Waals surface area (Å²) in [6.07, 6.45) is 0.0185. The lowest BCUT2D eigenvalue weighted by molar-refractivity contribution is 0.0755. The molecule has 0 aliphatic heterocycles. The van der Waals surface area contributed by atoms with Crippen molar-refractivity contribution in [1.29, 1.82) is 0 Å². The highest BCUT2D eigenvalue weighted by molar-refractivity contribution is 6.30. The summed E-state index contributed by atoms with van der Waals surface area (Å²) in [5, 5.41) is 3.87. The van der Waals surface area contributed by atoms with Gasteiger partial charge in [0.05, 0.1) is 12.6 Å². The van der Waals surface area contributed by atoms with E-state index < -0.39 is 0 Å². The van der Waals surface area contributed by atoms with Crippen molar-refractivity contribution >= 4 is 11.6 Å². The molecule has 1 rings (SSSR count). The highest BCUT2D eigenvalue weighted by Crippen LogP contribution is 2.19. The quantitative estimate of drug-likeness (QED) is 0.815. The number of benzene rings is 1. The molecule has 1 aromatic carbocycles. The van der Waals surface area contributed by atoms with Crippen molar-refractivity contribution in [3.63, 3.8) is 0 Å². The SMILES string of the molecule is CCOCC(NC)C(C)Oc1cccc(Cl)c1. The summed E-state index contributed by atoms with van der Waals surface area (Å²) in [7, 11) is 1.90. The van der Waals surface area contributed by atoms with Crippen LogP contribution in [-0.4, -0.2) is 32.4 Å². The highest BCUT2D eigenvalue weighted by atomic mass is 35.5. The molecule has 17 heavy (non-hydrogen) atoms. The van der Waals surface area contributed by atoms with E-state index in [0.717, 1.165) is 5.75 Å². The van der Waals surface area contributed by atoms with Crippen LogP contribution in [0.25, 0.3) is 0 Å². The fraction of sp³-hybridized carbons (Fsp3) is 0.538. The number of nitrogens with one attached hydrogen (secondary N) is 1. The Morgan fingerprint density at radius 1 is 1.41 bits per heavy atom. The fourth-order valence-corrected chi connectivity index (χ4v) is 1.72. The Bertz CT molecular complexity index is 333. The predicted octanol–water partition coefficient (Wildman–Crippen LogP) is 2.73. The molecule has 1 N–H and O–H groups in total. The summed E-state index contributed by atoms with van der Waals surface area (Å²) in [5.41, 5.74) is 0. The average molecular weight is 258 g/mol. The third-order valence-electron chi connectivity index (χ3n) is 2.56. The largest absolute Gasteiger partial charge is 0.489 e. The first kappa shape index (κ1) is 14.3. The molecule has 0 heterocycles. The summed E-state index contributed by atoms with van der Waals surface area (Å²) in [6.45, 7) is 5.34. The van der Waals surface area contributed by atoms with E-state index in [4.69, 9.17) is 21.1 Å². The van der Waals surface area contributed by atoms with Gasteiger partial charge < -0.3 is 14.8 Å². The predicted molar refractivity (Wildman–Crippen MR) is 70.9 cm³/mol. The van der Waals surface area contributed by atoms with E-state index in [2.05, 4.69) is 5.32 Å². The first-order valence-corrected chi connectivity index (χ1v) is 6.22. The number of rotatable bonds is 7. The molecule has 0 bridgehead atoms. The molecule has 2 atom stereocenters. The number of halogens is 1. The first-order valence-electron chi connectivity index (χ1n) is 5.84. The van der Waals surface area contributed by atoms with Gasteiger partial charge in [-0.1, -0.05) is 17.7 Å². The van der Waals surface area contributed by atoms with E-state index in [9.17, 15) is 0 Å². The summed E-state index contributed by atoms with van der Waals surface area (Å²) >= 11 is 5.91. The number of hydrogen-bond donors (Lipinski definition) is 1.